The largest absolute Gasteiger partial charge is 0.369 e. The molecular formula is C17H22N4O2S. The molecule has 128 valence electrons. The van der Waals surface area contributed by atoms with Gasteiger partial charge in [0.05, 0.1) is 23.3 Å². The highest BCUT2D eigenvalue weighted by molar-refractivity contribution is 7.18. The summed E-state index contributed by atoms with van der Waals surface area (Å²) in [6.45, 7) is 2.24. The number of nitrogens with zero attached hydrogens (tertiary/aromatic N) is 3. The quantitative estimate of drug-likeness (QED) is 0.889. The van der Waals surface area contributed by atoms with Gasteiger partial charge in [0.1, 0.15) is 5.01 Å². The van der Waals surface area contributed by atoms with Crippen LogP contribution in [0.3, 0.4) is 0 Å². The topological polar surface area (TPSA) is 79.5 Å². The Labute approximate surface area is 145 Å². The second kappa shape index (κ2) is 7.27. The van der Waals surface area contributed by atoms with E-state index in [-0.39, 0.29) is 17.7 Å². The third-order valence-electron chi connectivity index (χ3n) is 4.40. The molecule has 2 aromatic rings. The molecular weight excluding hydrogens is 324 g/mol. The van der Waals surface area contributed by atoms with Crippen molar-refractivity contribution >= 4 is 33.4 Å². The second-order valence-electron chi connectivity index (χ2n) is 6.31. The summed E-state index contributed by atoms with van der Waals surface area (Å²) in [5.74, 6) is -0.244. The van der Waals surface area contributed by atoms with Crippen molar-refractivity contribution in [2.45, 2.75) is 19.4 Å². The first kappa shape index (κ1) is 16.9. The zero-order valence-electron chi connectivity index (χ0n) is 13.8. The molecule has 2 amide bonds. The summed E-state index contributed by atoms with van der Waals surface area (Å²) in [4.78, 5) is 32.0. The molecule has 0 saturated carbocycles. The molecule has 1 aromatic heterocycles. The Hall–Kier alpha value is -1.99. The number of carbonyl (C=O) groups excluding carboxylic acids is 2. The van der Waals surface area contributed by atoms with Gasteiger partial charge in [-0.2, -0.15) is 0 Å². The number of hydrogen-bond donors (Lipinski definition) is 1. The number of primary amides is 1. The van der Waals surface area contributed by atoms with E-state index < -0.39 is 0 Å². The molecule has 1 aliphatic rings. The summed E-state index contributed by atoms with van der Waals surface area (Å²) < 4.78 is 1.17. The molecule has 1 aromatic carbocycles. The van der Waals surface area contributed by atoms with Crippen LogP contribution in [0.2, 0.25) is 0 Å². The molecule has 24 heavy (non-hydrogen) atoms. The Morgan fingerprint density at radius 3 is 2.71 bits per heavy atom. The lowest BCUT2D eigenvalue weighted by Gasteiger charge is -2.31. The first-order valence-electron chi connectivity index (χ1n) is 8.13. The molecule has 0 atom stereocenters. The van der Waals surface area contributed by atoms with Gasteiger partial charge < -0.3 is 10.6 Å². The van der Waals surface area contributed by atoms with Crippen molar-refractivity contribution in [3.05, 3.63) is 29.3 Å². The number of rotatable bonds is 5. The molecule has 0 radical (unpaired) electrons. The number of aromatic nitrogens is 1. The Balaban J connectivity index is 1.52. The van der Waals surface area contributed by atoms with E-state index in [1.54, 1.807) is 11.3 Å². The second-order valence-corrected chi connectivity index (χ2v) is 7.42. The van der Waals surface area contributed by atoms with Crippen LogP contribution in [0.1, 0.15) is 17.8 Å². The number of piperidine rings is 1. The van der Waals surface area contributed by atoms with Gasteiger partial charge >= 0.3 is 0 Å². The normalized spacial score (nSPS) is 16.0. The summed E-state index contributed by atoms with van der Waals surface area (Å²) in [7, 11) is 1.93. The lowest BCUT2D eigenvalue weighted by molar-refractivity contribution is -0.135. The number of nitrogens with two attached hydrogens (primary N) is 1. The highest BCUT2D eigenvalue weighted by Crippen LogP contribution is 2.22. The Morgan fingerprint density at radius 1 is 1.33 bits per heavy atom. The van der Waals surface area contributed by atoms with E-state index in [1.165, 1.54) is 4.70 Å². The molecule has 1 fully saturated rings. The molecule has 0 aliphatic carbocycles. The van der Waals surface area contributed by atoms with E-state index in [0.29, 0.717) is 39.0 Å². The van der Waals surface area contributed by atoms with E-state index in [2.05, 4.69) is 11.1 Å². The van der Waals surface area contributed by atoms with Crippen LogP contribution in [-0.4, -0.2) is 53.3 Å². The lowest BCUT2D eigenvalue weighted by atomic mass is 9.96. The number of hydrogen-bond acceptors (Lipinski definition) is 5. The van der Waals surface area contributed by atoms with E-state index in [0.717, 1.165) is 10.5 Å². The first-order chi connectivity index (χ1) is 11.5. The van der Waals surface area contributed by atoms with Gasteiger partial charge in [-0.05, 0) is 32.0 Å². The van der Waals surface area contributed by atoms with Gasteiger partial charge in [-0.15, -0.1) is 11.3 Å². The molecule has 2 heterocycles. The molecule has 1 aliphatic heterocycles. The van der Waals surface area contributed by atoms with Gasteiger partial charge in [-0.1, -0.05) is 12.1 Å². The zero-order chi connectivity index (χ0) is 17.1. The average molecular weight is 346 g/mol. The van der Waals surface area contributed by atoms with Gasteiger partial charge in [-0.3, -0.25) is 14.5 Å². The van der Waals surface area contributed by atoms with Crippen molar-refractivity contribution in [3.8, 4) is 0 Å². The molecule has 1 saturated heterocycles. The SMILES string of the molecule is CN(CC(=O)N1CCC(C(N)=O)CC1)Cc1nc2ccccc2s1. The Kier molecular flexibility index (Phi) is 5.11. The lowest BCUT2D eigenvalue weighted by Crippen LogP contribution is -2.45. The predicted octanol–water partition coefficient (Wildman–Crippen LogP) is 1.45. The first-order valence-corrected chi connectivity index (χ1v) is 8.94. The third-order valence-corrected chi connectivity index (χ3v) is 5.42. The van der Waals surface area contributed by atoms with E-state index >= 15 is 0 Å². The minimum atomic E-state index is -0.255. The molecule has 6 nitrogen and oxygen atoms in total. The van der Waals surface area contributed by atoms with Gasteiger partial charge in [0.15, 0.2) is 0 Å². The zero-order valence-corrected chi connectivity index (χ0v) is 14.6. The van der Waals surface area contributed by atoms with Crippen molar-refractivity contribution in [2.24, 2.45) is 11.7 Å². The van der Waals surface area contributed by atoms with Crippen LogP contribution in [0.5, 0.6) is 0 Å². The fourth-order valence-electron chi connectivity index (χ4n) is 3.02. The summed E-state index contributed by atoms with van der Waals surface area (Å²) in [6, 6.07) is 8.05. The number of thiazole rings is 1. The van der Waals surface area contributed by atoms with Crippen LogP contribution in [0, 0.1) is 5.92 Å². The number of benzene rings is 1. The number of likely N-dealkylation sites (tertiary alicyclic amines) is 1. The highest BCUT2D eigenvalue weighted by atomic mass is 32.1. The molecule has 0 spiro atoms. The van der Waals surface area contributed by atoms with Gasteiger partial charge in [0.25, 0.3) is 0 Å². The molecule has 3 rings (SSSR count). The van der Waals surface area contributed by atoms with Crippen molar-refractivity contribution in [1.29, 1.82) is 0 Å². The summed E-state index contributed by atoms with van der Waals surface area (Å²) in [5, 5.41) is 1.01. The van der Waals surface area contributed by atoms with E-state index in [4.69, 9.17) is 5.73 Å². The standard InChI is InChI=1S/C17H22N4O2S/c1-20(10-15-19-13-4-2-3-5-14(13)24-15)11-16(22)21-8-6-12(7-9-21)17(18)23/h2-5,12H,6-11H2,1H3,(H2,18,23). The highest BCUT2D eigenvalue weighted by Gasteiger charge is 2.26. The number of likely N-dealkylation sites (N-methyl/N-ethyl adjacent to an activating group) is 1. The van der Waals surface area contributed by atoms with E-state index in [1.807, 2.05) is 35.0 Å². The fourth-order valence-corrected chi connectivity index (χ4v) is 4.07. The molecule has 0 unspecified atom stereocenters. The van der Waals surface area contributed by atoms with Crippen molar-refractivity contribution in [2.75, 3.05) is 26.7 Å². The monoisotopic (exact) mass is 346 g/mol. The predicted molar refractivity (Wildman–Crippen MR) is 94.5 cm³/mol. The maximum absolute atomic E-state index is 12.4. The summed E-state index contributed by atoms with van der Waals surface area (Å²) in [6.07, 6.45) is 1.34. The number of para-hydroxylation sites is 1. The Morgan fingerprint density at radius 2 is 2.04 bits per heavy atom. The van der Waals surface area contributed by atoms with Crippen molar-refractivity contribution < 1.29 is 9.59 Å². The third kappa shape index (κ3) is 3.91. The molecule has 0 bridgehead atoms. The smallest absolute Gasteiger partial charge is 0.236 e. The fraction of sp³-hybridized carbons (Fsp3) is 0.471. The average Bonchev–Trinajstić information content (AvgIpc) is 2.96. The van der Waals surface area contributed by atoms with Crippen LogP contribution in [0.4, 0.5) is 0 Å². The van der Waals surface area contributed by atoms with Gasteiger partial charge in [0, 0.05) is 19.0 Å². The summed E-state index contributed by atoms with van der Waals surface area (Å²) >= 11 is 1.66. The molecule has 2 N–H and O–H groups in total. The van der Waals surface area contributed by atoms with Crippen LogP contribution >= 0.6 is 11.3 Å². The number of fused-ring (bicyclic) bond motifs is 1. The maximum Gasteiger partial charge on any atom is 0.236 e. The number of carbonyl (C=O) groups is 2. The number of amides is 2. The Bertz CT molecular complexity index is 704. The van der Waals surface area contributed by atoms with Gasteiger partial charge in [-0.25, -0.2) is 4.98 Å². The van der Waals surface area contributed by atoms with Crippen LogP contribution in [0.25, 0.3) is 10.2 Å². The van der Waals surface area contributed by atoms with Gasteiger partial charge in [0.2, 0.25) is 11.8 Å². The van der Waals surface area contributed by atoms with E-state index in [9.17, 15) is 9.59 Å². The van der Waals surface area contributed by atoms with Crippen LogP contribution in [0.15, 0.2) is 24.3 Å². The minimum Gasteiger partial charge on any atom is -0.369 e. The van der Waals surface area contributed by atoms with Crippen LogP contribution < -0.4 is 5.73 Å². The minimum absolute atomic E-state index is 0.0884. The van der Waals surface area contributed by atoms with Crippen molar-refractivity contribution in [3.63, 3.8) is 0 Å². The van der Waals surface area contributed by atoms with Crippen molar-refractivity contribution in [1.82, 2.24) is 14.8 Å². The van der Waals surface area contributed by atoms with Crippen LogP contribution in [-0.2, 0) is 16.1 Å². The molecule has 7 heteroatoms. The summed E-state index contributed by atoms with van der Waals surface area (Å²) in [5.41, 5.74) is 6.34. The maximum atomic E-state index is 12.4.